The van der Waals surface area contributed by atoms with Crippen molar-refractivity contribution in [2.45, 2.75) is 16.2 Å². The number of rotatable bonds is 7. The van der Waals surface area contributed by atoms with E-state index in [4.69, 9.17) is 0 Å². The Hall–Kier alpha value is -3.30. The van der Waals surface area contributed by atoms with Crippen LogP contribution in [0, 0.1) is 0 Å². The van der Waals surface area contributed by atoms with E-state index >= 15 is 0 Å². The summed E-state index contributed by atoms with van der Waals surface area (Å²) in [6, 6.07) is 40.0. The molecule has 1 amide bonds. The van der Waals surface area contributed by atoms with Crippen molar-refractivity contribution in [3.05, 3.63) is 138 Å². The van der Waals surface area contributed by atoms with Crippen LogP contribution in [-0.4, -0.2) is 5.91 Å². The van der Waals surface area contributed by atoms with Gasteiger partial charge < -0.3 is 5.32 Å². The van der Waals surface area contributed by atoms with Gasteiger partial charge in [0, 0.05) is 4.90 Å². The Bertz CT molecular complexity index is 1010. The van der Waals surface area contributed by atoms with Gasteiger partial charge in [-0.2, -0.15) is 0 Å². The van der Waals surface area contributed by atoms with Crippen molar-refractivity contribution in [1.82, 2.24) is 5.32 Å². The summed E-state index contributed by atoms with van der Waals surface area (Å²) in [6.45, 7) is 0. The number of carbonyl (C=O) groups excluding carboxylic acids is 1. The molecule has 0 radical (unpaired) electrons. The molecule has 30 heavy (non-hydrogen) atoms. The van der Waals surface area contributed by atoms with E-state index in [1.807, 2.05) is 97.1 Å². The maximum absolute atomic E-state index is 13.6. The molecular weight excluding hydrogens is 386 g/mol. The van der Waals surface area contributed by atoms with Crippen LogP contribution in [0.2, 0.25) is 0 Å². The molecule has 0 aliphatic rings. The third-order valence-electron chi connectivity index (χ3n) is 4.89. The van der Waals surface area contributed by atoms with Gasteiger partial charge in [-0.3, -0.25) is 4.79 Å². The zero-order valence-electron chi connectivity index (χ0n) is 16.5. The minimum absolute atomic E-state index is 0.00670. The molecule has 0 bridgehead atoms. The van der Waals surface area contributed by atoms with Crippen LogP contribution in [0.5, 0.6) is 0 Å². The van der Waals surface area contributed by atoms with Crippen LogP contribution in [0.4, 0.5) is 0 Å². The predicted octanol–water partition coefficient (Wildman–Crippen LogP) is 6.43. The van der Waals surface area contributed by atoms with Gasteiger partial charge in [-0.25, -0.2) is 0 Å². The molecule has 0 aliphatic carbocycles. The molecular formula is C27H23NOS. The number of amides is 1. The third-order valence-corrected chi connectivity index (χ3v) is 6.16. The van der Waals surface area contributed by atoms with Gasteiger partial charge in [0.05, 0.1) is 6.04 Å². The van der Waals surface area contributed by atoms with Crippen LogP contribution in [0.15, 0.2) is 126 Å². The van der Waals surface area contributed by atoms with Gasteiger partial charge in [-0.1, -0.05) is 109 Å². The lowest BCUT2D eigenvalue weighted by Gasteiger charge is -2.24. The van der Waals surface area contributed by atoms with Crippen molar-refractivity contribution < 1.29 is 4.79 Å². The standard InChI is InChI=1S/C27H23NOS/c29-27(26(23-17-9-3-10-18-23)30-24-19-11-4-12-20-24)28-25(21-13-5-1-6-14-21)22-15-7-2-8-16-22/h1-20,25-26H,(H,28,29). The lowest BCUT2D eigenvalue weighted by atomic mass is 9.98. The average Bonchev–Trinajstić information content (AvgIpc) is 2.83. The molecule has 1 N–H and O–H groups in total. The molecule has 0 heterocycles. The smallest absolute Gasteiger partial charge is 0.238 e. The summed E-state index contributed by atoms with van der Waals surface area (Å²) >= 11 is 1.57. The SMILES string of the molecule is O=C(NC(c1ccccc1)c1ccccc1)C(Sc1ccccc1)c1ccccc1. The summed E-state index contributed by atoms with van der Waals surface area (Å²) in [5.41, 5.74) is 3.12. The fourth-order valence-electron chi connectivity index (χ4n) is 3.40. The fraction of sp³-hybridized carbons (Fsp3) is 0.0741. The first-order valence-corrected chi connectivity index (χ1v) is 10.9. The van der Waals surface area contributed by atoms with Crippen molar-refractivity contribution in [1.29, 1.82) is 0 Å². The van der Waals surface area contributed by atoms with Gasteiger partial charge in [-0.15, -0.1) is 11.8 Å². The van der Waals surface area contributed by atoms with Gasteiger partial charge in [0.1, 0.15) is 5.25 Å². The normalized spacial score (nSPS) is 11.8. The first kappa shape index (κ1) is 20.0. The summed E-state index contributed by atoms with van der Waals surface area (Å²) in [5, 5.41) is 2.96. The molecule has 4 aromatic carbocycles. The van der Waals surface area contributed by atoms with Crippen molar-refractivity contribution in [3.63, 3.8) is 0 Å². The maximum atomic E-state index is 13.6. The zero-order valence-corrected chi connectivity index (χ0v) is 17.3. The number of hydrogen-bond donors (Lipinski definition) is 1. The highest BCUT2D eigenvalue weighted by Gasteiger charge is 2.25. The molecule has 0 spiro atoms. The number of benzene rings is 4. The van der Waals surface area contributed by atoms with E-state index in [2.05, 4.69) is 29.6 Å². The van der Waals surface area contributed by atoms with Crippen LogP contribution in [0.3, 0.4) is 0 Å². The summed E-state index contributed by atoms with van der Waals surface area (Å²) in [4.78, 5) is 14.6. The zero-order chi connectivity index (χ0) is 20.6. The lowest BCUT2D eigenvalue weighted by Crippen LogP contribution is -2.32. The Morgan fingerprint density at radius 1 is 0.567 bits per heavy atom. The molecule has 1 atom stereocenters. The summed E-state index contributed by atoms with van der Waals surface area (Å²) < 4.78 is 0. The average molecular weight is 410 g/mol. The van der Waals surface area contributed by atoms with Gasteiger partial charge >= 0.3 is 0 Å². The molecule has 0 aromatic heterocycles. The van der Waals surface area contributed by atoms with E-state index in [1.54, 1.807) is 11.8 Å². The Kier molecular flexibility index (Phi) is 6.63. The quantitative estimate of drug-likeness (QED) is 0.357. The fourth-order valence-corrected chi connectivity index (χ4v) is 4.46. The van der Waals surface area contributed by atoms with Crippen LogP contribution >= 0.6 is 11.8 Å². The van der Waals surface area contributed by atoms with Crippen LogP contribution in [-0.2, 0) is 4.79 Å². The van der Waals surface area contributed by atoms with Gasteiger partial charge in [0.2, 0.25) is 5.91 Å². The lowest BCUT2D eigenvalue weighted by molar-refractivity contribution is -0.121. The molecule has 148 valence electrons. The highest BCUT2D eigenvalue weighted by molar-refractivity contribution is 8.00. The van der Waals surface area contributed by atoms with Crippen molar-refractivity contribution in [3.8, 4) is 0 Å². The van der Waals surface area contributed by atoms with E-state index in [9.17, 15) is 4.79 Å². The minimum atomic E-state index is -0.344. The third kappa shape index (κ3) is 5.00. The maximum Gasteiger partial charge on any atom is 0.238 e. The van der Waals surface area contributed by atoms with Gasteiger partial charge in [0.15, 0.2) is 0 Å². The Labute approximate surface area is 182 Å². The Morgan fingerprint density at radius 2 is 0.967 bits per heavy atom. The second-order valence-corrected chi connectivity index (χ2v) is 8.16. The molecule has 0 fully saturated rings. The van der Waals surface area contributed by atoms with E-state index in [0.717, 1.165) is 21.6 Å². The first-order valence-electron chi connectivity index (χ1n) is 9.98. The molecule has 4 aromatic rings. The summed E-state index contributed by atoms with van der Waals surface area (Å²) in [6.07, 6.45) is 0. The molecule has 0 saturated carbocycles. The predicted molar refractivity (Wildman–Crippen MR) is 124 cm³/mol. The van der Waals surface area contributed by atoms with E-state index < -0.39 is 0 Å². The van der Waals surface area contributed by atoms with Crippen molar-refractivity contribution in [2.24, 2.45) is 0 Å². The van der Waals surface area contributed by atoms with Crippen LogP contribution in [0.25, 0.3) is 0 Å². The molecule has 0 aliphatic heterocycles. The summed E-state index contributed by atoms with van der Waals surface area (Å²) in [7, 11) is 0. The molecule has 3 heteroatoms. The van der Waals surface area contributed by atoms with Crippen molar-refractivity contribution >= 4 is 17.7 Å². The largest absolute Gasteiger partial charge is 0.344 e. The number of thioether (sulfide) groups is 1. The minimum Gasteiger partial charge on any atom is -0.344 e. The summed E-state index contributed by atoms with van der Waals surface area (Å²) in [5.74, 6) is -0.00670. The van der Waals surface area contributed by atoms with Gasteiger partial charge in [0.25, 0.3) is 0 Å². The number of carbonyl (C=O) groups is 1. The topological polar surface area (TPSA) is 29.1 Å². The highest BCUT2D eigenvalue weighted by Crippen LogP contribution is 2.36. The van der Waals surface area contributed by atoms with Crippen LogP contribution in [0.1, 0.15) is 28.0 Å². The monoisotopic (exact) mass is 409 g/mol. The van der Waals surface area contributed by atoms with Crippen LogP contribution < -0.4 is 5.32 Å². The van der Waals surface area contributed by atoms with E-state index in [-0.39, 0.29) is 17.2 Å². The molecule has 0 saturated heterocycles. The second-order valence-electron chi connectivity index (χ2n) is 6.98. The first-order chi connectivity index (χ1) is 14.8. The molecule has 4 rings (SSSR count). The number of nitrogens with one attached hydrogen (secondary N) is 1. The Morgan fingerprint density at radius 3 is 1.43 bits per heavy atom. The molecule has 2 nitrogen and oxygen atoms in total. The van der Waals surface area contributed by atoms with E-state index in [0.29, 0.717) is 0 Å². The highest BCUT2D eigenvalue weighted by atomic mass is 32.2. The Balaban J connectivity index is 1.65. The second kappa shape index (κ2) is 9.95. The van der Waals surface area contributed by atoms with Crippen molar-refractivity contribution in [2.75, 3.05) is 0 Å². The van der Waals surface area contributed by atoms with E-state index in [1.165, 1.54) is 0 Å². The number of hydrogen-bond acceptors (Lipinski definition) is 2. The van der Waals surface area contributed by atoms with Gasteiger partial charge in [-0.05, 0) is 28.8 Å². The molecule has 1 unspecified atom stereocenters.